The number of carbonyl (C=O) groups is 1. The first kappa shape index (κ1) is 47.8. The number of allylic oxidation sites excluding steroid dienone is 3. The van der Waals surface area contributed by atoms with Gasteiger partial charge < -0.3 is 20.6 Å². The van der Waals surface area contributed by atoms with Crippen LogP contribution < -0.4 is 5.32 Å². The van der Waals surface area contributed by atoms with Gasteiger partial charge in [-0.1, -0.05) is 205 Å². The summed E-state index contributed by atoms with van der Waals surface area (Å²) in [6, 6.07) is -0.794. The van der Waals surface area contributed by atoms with E-state index in [0.29, 0.717) is 6.42 Å². The predicted octanol–water partition coefficient (Wildman–Crippen LogP) is 12.2. The zero-order valence-electron chi connectivity index (χ0n) is 32.8. The van der Waals surface area contributed by atoms with Gasteiger partial charge in [0, 0.05) is 0 Å². The molecule has 0 aliphatic carbocycles. The molecule has 49 heavy (non-hydrogen) atoms. The second-order valence-electron chi connectivity index (χ2n) is 14.9. The molecule has 0 bridgehead atoms. The topological polar surface area (TPSA) is 89.8 Å². The Labute approximate surface area is 305 Å². The molecule has 0 rings (SSSR count). The minimum atomic E-state index is -1.10. The average Bonchev–Trinajstić information content (AvgIpc) is 3.11. The molecule has 0 aromatic heterocycles. The molecule has 0 fully saturated rings. The summed E-state index contributed by atoms with van der Waals surface area (Å²) in [6.07, 6.45) is 47.9. The Hall–Kier alpha value is -1.17. The van der Waals surface area contributed by atoms with E-state index < -0.39 is 24.2 Å². The molecule has 0 spiro atoms. The second-order valence-corrected chi connectivity index (χ2v) is 14.9. The molecule has 1 amide bonds. The molecule has 5 nitrogen and oxygen atoms in total. The molecule has 0 aromatic rings. The van der Waals surface area contributed by atoms with Crippen LogP contribution in [0.2, 0.25) is 0 Å². The fourth-order valence-electron chi connectivity index (χ4n) is 6.59. The number of aliphatic hydroxyl groups is 3. The smallest absolute Gasteiger partial charge is 0.249 e. The first-order valence-corrected chi connectivity index (χ1v) is 21.7. The summed E-state index contributed by atoms with van der Waals surface area (Å²) < 4.78 is 0. The lowest BCUT2D eigenvalue weighted by Crippen LogP contribution is -2.48. The largest absolute Gasteiger partial charge is 0.394 e. The molecule has 0 heterocycles. The fourth-order valence-corrected chi connectivity index (χ4v) is 6.59. The summed E-state index contributed by atoms with van der Waals surface area (Å²) in [4.78, 5) is 12.4. The van der Waals surface area contributed by atoms with Gasteiger partial charge in [-0.15, -0.1) is 0 Å². The summed E-state index contributed by atoms with van der Waals surface area (Å²) >= 11 is 0. The third-order valence-electron chi connectivity index (χ3n) is 10.0. The number of nitrogens with one attached hydrogen (secondary N) is 1. The van der Waals surface area contributed by atoms with E-state index in [1.165, 1.54) is 173 Å². The number of aliphatic hydroxyl groups excluding tert-OH is 3. The lowest BCUT2D eigenvalue weighted by Gasteiger charge is -2.21. The highest BCUT2D eigenvalue weighted by Crippen LogP contribution is 2.15. The van der Waals surface area contributed by atoms with Crippen LogP contribution in [0.3, 0.4) is 0 Å². The second kappa shape index (κ2) is 39.6. The van der Waals surface area contributed by atoms with Crippen LogP contribution in [0, 0.1) is 0 Å². The highest BCUT2D eigenvalue weighted by molar-refractivity contribution is 5.80. The van der Waals surface area contributed by atoms with Crippen LogP contribution in [-0.4, -0.2) is 46.1 Å². The summed E-state index contributed by atoms with van der Waals surface area (Å²) in [6.45, 7) is 4.16. The van der Waals surface area contributed by atoms with Gasteiger partial charge in [0.1, 0.15) is 6.10 Å². The summed E-state index contributed by atoms with van der Waals surface area (Å²) in [5.74, 6) is -0.506. The minimum absolute atomic E-state index is 0.363. The van der Waals surface area contributed by atoms with Crippen molar-refractivity contribution in [2.75, 3.05) is 6.61 Å². The summed E-state index contributed by atoms with van der Waals surface area (Å²) in [5.41, 5.74) is 0. The summed E-state index contributed by atoms with van der Waals surface area (Å²) in [7, 11) is 0. The van der Waals surface area contributed by atoms with Crippen LogP contribution in [0.15, 0.2) is 24.3 Å². The van der Waals surface area contributed by atoms with Crippen molar-refractivity contribution in [3.05, 3.63) is 24.3 Å². The molecule has 0 saturated carbocycles. The van der Waals surface area contributed by atoms with Crippen molar-refractivity contribution in [1.82, 2.24) is 5.32 Å². The van der Waals surface area contributed by atoms with Crippen LogP contribution in [0.1, 0.15) is 226 Å². The maximum absolute atomic E-state index is 12.4. The Bertz CT molecular complexity index is 724. The zero-order chi connectivity index (χ0) is 35.9. The van der Waals surface area contributed by atoms with Crippen molar-refractivity contribution < 1.29 is 20.1 Å². The van der Waals surface area contributed by atoms with Gasteiger partial charge in [0.2, 0.25) is 5.91 Å². The Morgan fingerprint density at radius 1 is 0.490 bits per heavy atom. The first-order chi connectivity index (χ1) is 24.1. The van der Waals surface area contributed by atoms with Crippen LogP contribution >= 0.6 is 0 Å². The van der Waals surface area contributed by atoms with E-state index in [-0.39, 0.29) is 6.61 Å². The molecule has 0 radical (unpaired) electrons. The Kier molecular flexibility index (Phi) is 38.7. The molecule has 0 aliphatic rings. The predicted molar refractivity (Wildman–Crippen MR) is 213 cm³/mol. The van der Waals surface area contributed by atoms with Gasteiger partial charge in [-0.2, -0.15) is 0 Å². The van der Waals surface area contributed by atoms with Crippen molar-refractivity contribution in [3.8, 4) is 0 Å². The molecule has 290 valence electrons. The van der Waals surface area contributed by atoms with Gasteiger partial charge >= 0.3 is 0 Å². The Morgan fingerprint density at radius 3 is 1.18 bits per heavy atom. The molecule has 3 atom stereocenters. The number of rotatable bonds is 39. The first-order valence-electron chi connectivity index (χ1n) is 21.7. The molecular formula is C44H85NO4. The maximum Gasteiger partial charge on any atom is 0.249 e. The van der Waals surface area contributed by atoms with Gasteiger partial charge in [-0.25, -0.2) is 0 Å². The van der Waals surface area contributed by atoms with Crippen LogP contribution in [0.4, 0.5) is 0 Å². The van der Waals surface area contributed by atoms with E-state index in [1.54, 1.807) is 6.08 Å². The van der Waals surface area contributed by atoms with E-state index in [1.807, 2.05) is 6.08 Å². The van der Waals surface area contributed by atoms with Gasteiger partial charge in [-0.3, -0.25) is 4.79 Å². The van der Waals surface area contributed by atoms with E-state index >= 15 is 0 Å². The minimum Gasteiger partial charge on any atom is -0.394 e. The normalized spacial score (nSPS) is 13.8. The van der Waals surface area contributed by atoms with Crippen LogP contribution in [-0.2, 0) is 4.79 Å². The molecule has 5 heteroatoms. The van der Waals surface area contributed by atoms with Gasteiger partial charge in [0.15, 0.2) is 0 Å². The van der Waals surface area contributed by atoms with E-state index in [0.717, 1.165) is 32.1 Å². The van der Waals surface area contributed by atoms with Gasteiger partial charge in [0.25, 0.3) is 0 Å². The fraction of sp³-hybridized carbons (Fsp3) is 0.886. The van der Waals surface area contributed by atoms with Crippen molar-refractivity contribution in [2.45, 2.75) is 244 Å². The third-order valence-corrected chi connectivity index (χ3v) is 10.0. The van der Waals surface area contributed by atoms with Gasteiger partial charge in [-0.05, 0) is 44.9 Å². The van der Waals surface area contributed by atoms with E-state index in [4.69, 9.17) is 0 Å². The summed E-state index contributed by atoms with van der Waals surface area (Å²) in [5, 5.41) is 33.0. The highest BCUT2D eigenvalue weighted by Gasteiger charge is 2.22. The number of hydrogen-bond donors (Lipinski definition) is 4. The number of hydrogen-bond acceptors (Lipinski definition) is 4. The van der Waals surface area contributed by atoms with Crippen LogP contribution in [0.5, 0.6) is 0 Å². The number of carbonyl (C=O) groups excluding carboxylic acids is 1. The monoisotopic (exact) mass is 692 g/mol. The molecule has 0 aliphatic heterocycles. The quantitative estimate of drug-likeness (QED) is 0.0381. The molecule has 4 N–H and O–H groups in total. The van der Waals surface area contributed by atoms with E-state index in [2.05, 4.69) is 31.3 Å². The Balaban J connectivity index is 3.59. The molecule has 0 aromatic carbocycles. The third kappa shape index (κ3) is 35.0. The number of unbranched alkanes of at least 4 members (excludes halogenated alkanes) is 29. The van der Waals surface area contributed by atoms with Crippen molar-refractivity contribution in [1.29, 1.82) is 0 Å². The average molecular weight is 692 g/mol. The lowest BCUT2D eigenvalue weighted by molar-refractivity contribution is -0.131. The molecule has 3 unspecified atom stereocenters. The molecule has 0 saturated heterocycles. The lowest BCUT2D eigenvalue weighted by atomic mass is 10.0. The van der Waals surface area contributed by atoms with Crippen molar-refractivity contribution >= 4 is 5.91 Å². The molecular weight excluding hydrogens is 606 g/mol. The maximum atomic E-state index is 12.4. The van der Waals surface area contributed by atoms with Crippen molar-refractivity contribution in [2.24, 2.45) is 0 Å². The number of amides is 1. The Morgan fingerprint density at radius 2 is 0.816 bits per heavy atom. The van der Waals surface area contributed by atoms with Gasteiger partial charge in [0.05, 0.1) is 18.8 Å². The van der Waals surface area contributed by atoms with Crippen LogP contribution in [0.25, 0.3) is 0 Å². The highest BCUT2D eigenvalue weighted by atomic mass is 16.3. The van der Waals surface area contributed by atoms with Crippen molar-refractivity contribution in [3.63, 3.8) is 0 Å². The SMILES string of the molecule is CCCCCCCCCC/C=C/C(O)C(CO)NC(=O)C(O)CCCCCCCCCCC/C=C\CCCCCCCCCCCCCC. The van der Waals surface area contributed by atoms with E-state index in [9.17, 15) is 20.1 Å². The standard InChI is InChI=1S/C44H85NO4/c1-3-5-7-9-11-13-15-16-17-18-19-20-21-22-23-24-25-26-27-28-29-31-33-35-37-39-43(48)44(49)45-41(40-46)42(47)38-36-34-32-30-14-12-10-8-6-4-2/h22-23,36,38,41-43,46-48H,3-21,24-35,37,39-40H2,1-2H3,(H,45,49)/b23-22-,38-36+. The zero-order valence-corrected chi connectivity index (χ0v) is 32.8.